The second-order valence-electron chi connectivity index (χ2n) is 4.41. The standard InChI is InChI=1S/C11H12FN3O5S/c12-8-5-13-6-9(7(8)2-4-21(18,19)20)15-3-1-10(16)14-11(15)17/h5-6H,1-4H2,(H,14,16,17)(H,18,19,20). The lowest BCUT2D eigenvalue weighted by Gasteiger charge is -2.28. The molecule has 1 aromatic rings. The summed E-state index contributed by atoms with van der Waals surface area (Å²) in [6.07, 6.45) is 1.81. The van der Waals surface area contributed by atoms with Crippen LogP contribution in [0.25, 0.3) is 0 Å². The van der Waals surface area contributed by atoms with Gasteiger partial charge in [-0.25, -0.2) is 9.18 Å². The van der Waals surface area contributed by atoms with E-state index in [1.165, 1.54) is 6.20 Å². The number of aromatic nitrogens is 1. The van der Waals surface area contributed by atoms with Crippen molar-refractivity contribution in [3.63, 3.8) is 0 Å². The molecule has 10 heteroatoms. The highest BCUT2D eigenvalue weighted by atomic mass is 32.2. The quantitative estimate of drug-likeness (QED) is 0.761. The highest BCUT2D eigenvalue weighted by Gasteiger charge is 2.27. The van der Waals surface area contributed by atoms with Crippen molar-refractivity contribution < 1.29 is 27.0 Å². The van der Waals surface area contributed by atoms with Crippen LogP contribution in [-0.4, -0.2) is 42.2 Å². The Labute approximate surface area is 119 Å². The van der Waals surface area contributed by atoms with Crippen LogP contribution in [0.4, 0.5) is 14.9 Å². The second kappa shape index (κ2) is 5.74. The second-order valence-corrected chi connectivity index (χ2v) is 5.98. The number of halogens is 1. The molecule has 3 amide bonds. The van der Waals surface area contributed by atoms with Crippen molar-refractivity contribution in [3.05, 3.63) is 23.8 Å². The number of pyridine rings is 1. The van der Waals surface area contributed by atoms with Crippen LogP contribution in [0.5, 0.6) is 0 Å². The molecule has 2 rings (SSSR count). The summed E-state index contributed by atoms with van der Waals surface area (Å²) in [6.45, 7) is 0.0364. The number of hydrogen-bond acceptors (Lipinski definition) is 5. The van der Waals surface area contributed by atoms with Gasteiger partial charge in [-0.05, 0) is 6.42 Å². The molecule has 0 bridgehead atoms. The van der Waals surface area contributed by atoms with Crippen LogP contribution in [0, 0.1) is 5.82 Å². The van der Waals surface area contributed by atoms with Gasteiger partial charge in [0.2, 0.25) is 5.91 Å². The maximum absolute atomic E-state index is 13.8. The Morgan fingerprint density at radius 1 is 1.38 bits per heavy atom. The molecule has 1 aliphatic heterocycles. The molecule has 1 saturated heterocycles. The predicted molar refractivity (Wildman–Crippen MR) is 69.8 cm³/mol. The summed E-state index contributed by atoms with van der Waals surface area (Å²) in [6, 6.07) is -0.730. The summed E-state index contributed by atoms with van der Waals surface area (Å²) in [5.41, 5.74) is 0.00998. The molecule has 1 aliphatic rings. The van der Waals surface area contributed by atoms with E-state index in [2.05, 4.69) is 10.3 Å². The van der Waals surface area contributed by atoms with Gasteiger partial charge in [0.1, 0.15) is 5.82 Å². The van der Waals surface area contributed by atoms with Gasteiger partial charge in [-0.15, -0.1) is 0 Å². The van der Waals surface area contributed by atoms with E-state index in [1.54, 1.807) is 0 Å². The molecule has 1 fully saturated rings. The SMILES string of the molecule is O=C1CCN(c2cncc(F)c2CCS(=O)(=O)O)C(=O)N1. The molecule has 1 aromatic heterocycles. The number of urea groups is 1. The van der Waals surface area contributed by atoms with Crippen molar-refractivity contribution in [1.29, 1.82) is 0 Å². The van der Waals surface area contributed by atoms with Gasteiger partial charge in [0, 0.05) is 18.5 Å². The van der Waals surface area contributed by atoms with Crippen LogP contribution in [0.3, 0.4) is 0 Å². The molecule has 0 saturated carbocycles. The first-order valence-electron chi connectivity index (χ1n) is 5.97. The van der Waals surface area contributed by atoms with E-state index in [0.29, 0.717) is 0 Å². The van der Waals surface area contributed by atoms with E-state index in [-0.39, 0.29) is 30.6 Å². The molecular formula is C11H12FN3O5S. The minimum atomic E-state index is -4.27. The molecule has 2 N–H and O–H groups in total. The van der Waals surface area contributed by atoms with Crippen LogP contribution in [0.2, 0.25) is 0 Å². The van der Waals surface area contributed by atoms with Crippen LogP contribution in [-0.2, 0) is 21.3 Å². The summed E-state index contributed by atoms with van der Waals surface area (Å²) in [5.74, 6) is -1.92. The summed E-state index contributed by atoms with van der Waals surface area (Å²) in [4.78, 5) is 27.6. The van der Waals surface area contributed by atoms with E-state index in [4.69, 9.17) is 4.55 Å². The van der Waals surface area contributed by atoms with Crippen molar-refractivity contribution >= 4 is 27.7 Å². The zero-order valence-electron chi connectivity index (χ0n) is 10.7. The zero-order chi connectivity index (χ0) is 15.6. The van der Waals surface area contributed by atoms with E-state index >= 15 is 0 Å². The Morgan fingerprint density at radius 3 is 2.71 bits per heavy atom. The number of hydrogen-bond donors (Lipinski definition) is 2. The van der Waals surface area contributed by atoms with Gasteiger partial charge in [-0.3, -0.25) is 24.5 Å². The minimum absolute atomic E-state index is 0.0364. The fourth-order valence-electron chi connectivity index (χ4n) is 1.96. The van der Waals surface area contributed by atoms with E-state index < -0.39 is 33.6 Å². The van der Waals surface area contributed by atoms with E-state index in [0.717, 1.165) is 11.1 Å². The summed E-state index contributed by atoms with van der Waals surface area (Å²) in [7, 11) is -4.27. The first-order chi connectivity index (χ1) is 9.78. The lowest BCUT2D eigenvalue weighted by Crippen LogP contribution is -2.50. The first-order valence-corrected chi connectivity index (χ1v) is 7.58. The van der Waals surface area contributed by atoms with Crippen molar-refractivity contribution in [3.8, 4) is 0 Å². The van der Waals surface area contributed by atoms with Crippen LogP contribution in [0.1, 0.15) is 12.0 Å². The lowest BCUT2D eigenvalue weighted by molar-refractivity contribution is -0.120. The smallest absolute Gasteiger partial charge is 0.292 e. The fourth-order valence-corrected chi connectivity index (χ4v) is 2.42. The first kappa shape index (κ1) is 15.3. The van der Waals surface area contributed by atoms with Gasteiger partial charge >= 0.3 is 6.03 Å². The number of nitrogens with one attached hydrogen (secondary N) is 1. The van der Waals surface area contributed by atoms with Crippen molar-refractivity contribution in [2.24, 2.45) is 0 Å². The Morgan fingerprint density at radius 2 is 2.10 bits per heavy atom. The average Bonchev–Trinajstić information content (AvgIpc) is 2.36. The predicted octanol–water partition coefficient (Wildman–Crippen LogP) is 0.0973. The fraction of sp³-hybridized carbons (Fsp3) is 0.364. The Hall–Kier alpha value is -2.07. The van der Waals surface area contributed by atoms with Gasteiger partial charge in [-0.2, -0.15) is 8.42 Å². The third kappa shape index (κ3) is 3.73. The molecule has 0 atom stereocenters. The maximum atomic E-state index is 13.8. The number of nitrogens with zero attached hydrogens (tertiary/aromatic N) is 2. The molecular weight excluding hydrogens is 305 g/mol. The van der Waals surface area contributed by atoms with Crippen molar-refractivity contribution in [2.45, 2.75) is 12.8 Å². The van der Waals surface area contributed by atoms with Crippen molar-refractivity contribution in [2.75, 3.05) is 17.2 Å². The van der Waals surface area contributed by atoms with Crippen LogP contribution in [0.15, 0.2) is 12.4 Å². The third-order valence-corrected chi connectivity index (χ3v) is 3.66. The third-order valence-electron chi connectivity index (χ3n) is 2.94. The summed E-state index contributed by atoms with van der Waals surface area (Å²) in [5, 5.41) is 2.08. The summed E-state index contributed by atoms with van der Waals surface area (Å²) >= 11 is 0. The van der Waals surface area contributed by atoms with E-state index in [1.807, 2.05) is 0 Å². The Balaban J connectivity index is 2.33. The number of rotatable bonds is 4. The minimum Gasteiger partial charge on any atom is -0.292 e. The molecule has 8 nitrogen and oxygen atoms in total. The number of amides is 3. The summed E-state index contributed by atoms with van der Waals surface area (Å²) < 4.78 is 44.2. The highest BCUT2D eigenvalue weighted by Crippen LogP contribution is 2.24. The molecule has 0 unspecified atom stereocenters. The number of anilines is 1. The van der Waals surface area contributed by atoms with Gasteiger partial charge in [0.05, 0.1) is 23.8 Å². The van der Waals surface area contributed by atoms with Gasteiger partial charge in [0.15, 0.2) is 0 Å². The molecule has 0 aromatic carbocycles. The zero-order valence-corrected chi connectivity index (χ0v) is 11.6. The highest BCUT2D eigenvalue weighted by molar-refractivity contribution is 7.85. The molecule has 0 spiro atoms. The normalized spacial score (nSPS) is 16.0. The van der Waals surface area contributed by atoms with Gasteiger partial charge < -0.3 is 0 Å². The van der Waals surface area contributed by atoms with Gasteiger partial charge in [0.25, 0.3) is 10.1 Å². The molecule has 0 aliphatic carbocycles. The Bertz CT molecular complexity index is 691. The lowest BCUT2D eigenvalue weighted by atomic mass is 10.1. The molecule has 0 radical (unpaired) electrons. The largest absolute Gasteiger partial charge is 0.328 e. The maximum Gasteiger partial charge on any atom is 0.328 e. The number of imide groups is 1. The average molecular weight is 317 g/mol. The number of carbonyl (C=O) groups is 2. The van der Waals surface area contributed by atoms with Gasteiger partial charge in [-0.1, -0.05) is 0 Å². The topological polar surface area (TPSA) is 117 Å². The molecule has 2 heterocycles. The monoisotopic (exact) mass is 317 g/mol. The van der Waals surface area contributed by atoms with E-state index in [9.17, 15) is 22.4 Å². The van der Waals surface area contributed by atoms with Crippen LogP contribution >= 0.6 is 0 Å². The van der Waals surface area contributed by atoms with Crippen LogP contribution < -0.4 is 10.2 Å². The Kier molecular flexibility index (Phi) is 4.19. The molecule has 21 heavy (non-hydrogen) atoms. The molecule has 114 valence electrons. The number of carbonyl (C=O) groups excluding carboxylic acids is 2. The van der Waals surface area contributed by atoms with Crippen molar-refractivity contribution in [1.82, 2.24) is 10.3 Å².